The Hall–Kier alpha value is -4.00. The van der Waals surface area contributed by atoms with Crippen LogP contribution in [0.4, 0.5) is 0 Å². The number of carbonyl (C=O) groups is 3. The van der Waals surface area contributed by atoms with E-state index >= 15 is 0 Å². The maximum atomic E-state index is 13.7. The van der Waals surface area contributed by atoms with Crippen molar-refractivity contribution in [2.75, 3.05) is 7.11 Å². The molecule has 1 amide bonds. The van der Waals surface area contributed by atoms with Gasteiger partial charge >= 0.3 is 5.97 Å². The topological polar surface area (TPSA) is 94.5 Å². The molecule has 1 aliphatic carbocycles. The molecule has 0 fully saturated rings. The quantitative estimate of drug-likeness (QED) is 0.554. The van der Waals surface area contributed by atoms with Gasteiger partial charge in [-0.25, -0.2) is 4.79 Å². The average molecular weight is 473 g/mol. The summed E-state index contributed by atoms with van der Waals surface area (Å²) in [5, 5.41) is 2.65. The van der Waals surface area contributed by atoms with Crippen LogP contribution in [-0.4, -0.2) is 35.4 Å². The number of benzene rings is 2. The van der Waals surface area contributed by atoms with E-state index in [-0.39, 0.29) is 23.2 Å². The zero-order valence-electron chi connectivity index (χ0n) is 20.0. The highest BCUT2D eigenvalue weighted by molar-refractivity contribution is 6.03. The summed E-state index contributed by atoms with van der Waals surface area (Å²) in [6.45, 7) is 3.97. The first-order chi connectivity index (χ1) is 16.7. The fourth-order valence-electron chi connectivity index (χ4n) is 4.55. The Morgan fingerprint density at radius 3 is 2.26 bits per heavy atom. The molecule has 1 aliphatic rings. The van der Waals surface area contributed by atoms with Crippen molar-refractivity contribution in [3.8, 4) is 5.69 Å². The normalized spacial score (nSPS) is 15.1. The second-order valence-electron chi connectivity index (χ2n) is 9.57. The van der Waals surface area contributed by atoms with Gasteiger partial charge in [0.05, 0.1) is 7.11 Å². The van der Waals surface area contributed by atoms with Gasteiger partial charge in [0.2, 0.25) is 0 Å². The standard InChI is InChI=1S/C28H28N2O5/c1-28(2)16-23-20(24(31)17-28)15-21(26(33)30(23)19-12-8-5-9-13-19)25(32)29-22(27(34)35-3)14-18-10-6-4-7-11-18/h4-13,15,22H,14,16-17H2,1-3H3,(H,29,32)/t22-/m0/s1. The average Bonchev–Trinajstić information content (AvgIpc) is 2.83. The van der Waals surface area contributed by atoms with E-state index in [0.717, 1.165) is 5.56 Å². The van der Waals surface area contributed by atoms with E-state index in [4.69, 9.17) is 4.74 Å². The van der Waals surface area contributed by atoms with Gasteiger partial charge < -0.3 is 10.1 Å². The Morgan fingerprint density at radius 2 is 1.63 bits per heavy atom. The van der Waals surface area contributed by atoms with Gasteiger partial charge in [0.25, 0.3) is 11.5 Å². The lowest BCUT2D eigenvalue weighted by molar-refractivity contribution is -0.142. The monoisotopic (exact) mass is 472 g/mol. The number of ether oxygens (including phenoxy) is 1. The van der Waals surface area contributed by atoms with Crippen molar-refractivity contribution in [2.45, 2.75) is 39.2 Å². The second-order valence-corrected chi connectivity index (χ2v) is 9.57. The Morgan fingerprint density at radius 1 is 1.00 bits per heavy atom. The molecule has 180 valence electrons. The molecule has 0 unspecified atom stereocenters. The highest BCUT2D eigenvalue weighted by Gasteiger charge is 2.35. The SMILES string of the molecule is COC(=O)[C@H](Cc1ccccc1)NC(=O)c1cc2c(n(-c3ccccc3)c1=O)CC(C)(C)CC2=O. The molecule has 0 saturated heterocycles. The zero-order valence-corrected chi connectivity index (χ0v) is 20.0. The molecule has 4 rings (SSSR count). The molecule has 7 heteroatoms. The van der Waals surface area contributed by atoms with Crippen LogP contribution in [0.2, 0.25) is 0 Å². The maximum absolute atomic E-state index is 13.7. The third kappa shape index (κ3) is 5.09. The van der Waals surface area contributed by atoms with Gasteiger partial charge in [-0.3, -0.25) is 19.0 Å². The van der Waals surface area contributed by atoms with Gasteiger partial charge in [-0.2, -0.15) is 0 Å². The number of aromatic nitrogens is 1. The number of fused-ring (bicyclic) bond motifs is 1. The van der Waals surface area contributed by atoms with Crippen LogP contribution in [0.3, 0.4) is 0 Å². The third-order valence-corrected chi connectivity index (χ3v) is 6.22. The molecule has 1 heterocycles. The lowest BCUT2D eigenvalue weighted by Crippen LogP contribution is -2.46. The van der Waals surface area contributed by atoms with Crippen molar-refractivity contribution >= 4 is 17.7 Å². The summed E-state index contributed by atoms with van der Waals surface area (Å²) in [5.74, 6) is -1.48. The predicted molar refractivity (Wildman–Crippen MR) is 132 cm³/mol. The van der Waals surface area contributed by atoms with E-state index < -0.39 is 23.5 Å². The molecule has 1 aromatic heterocycles. The number of carbonyl (C=O) groups excluding carboxylic acids is 3. The van der Waals surface area contributed by atoms with Crippen LogP contribution >= 0.6 is 0 Å². The molecule has 2 aromatic carbocycles. The minimum absolute atomic E-state index is 0.121. The molecule has 0 spiro atoms. The van der Waals surface area contributed by atoms with Crippen molar-refractivity contribution < 1.29 is 19.1 Å². The maximum Gasteiger partial charge on any atom is 0.328 e. The molecule has 1 N–H and O–H groups in total. The van der Waals surface area contributed by atoms with Crippen LogP contribution in [0.5, 0.6) is 0 Å². The Balaban J connectivity index is 1.79. The fourth-order valence-corrected chi connectivity index (χ4v) is 4.55. The first kappa shape index (κ1) is 24.1. The van der Waals surface area contributed by atoms with Crippen LogP contribution in [-0.2, 0) is 22.4 Å². The van der Waals surface area contributed by atoms with Crippen molar-refractivity contribution in [1.29, 1.82) is 0 Å². The molecule has 3 aromatic rings. The summed E-state index contributed by atoms with van der Waals surface area (Å²) in [7, 11) is 1.24. The number of ketones is 1. The minimum atomic E-state index is -0.995. The number of hydrogen-bond acceptors (Lipinski definition) is 5. The molecule has 1 atom stereocenters. The van der Waals surface area contributed by atoms with Crippen LogP contribution in [0.1, 0.15) is 52.2 Å². The predicted octanol–water partition coefficient (Wildman–Crippen LogP) is 3.51. The van der Waals surface area contributed by atoms with Crippen molar-refractivity contribution in [3.05, 3.63) is 99.5 Å². The van der Waals surface area contributed by atoms with Crippen molar-refractivity contribution in [3.63, 3.8) is 0 Å². The van der Waals surface area contributed by atoms with Gasteiger partial charge in [0, 0.05) is 29.8 Å². The Labute approximate surface area is 203 Å². The van der Waals surface area contributed by atoms with Crippen LogP contribution in [0.15, 0.2) is 71.5 Å². The van der Waals surface area contributed by atoms with Crippen LogP contribution < -0.4 is 10.9 Å². The van der Waals surface area contributed by atoms with Gasteiger partial charge in [0.15, 0.2) is 5.78 Å². The largest absolute Gasteiger partial charge is 0.467 e. The molecular formula is C28H28N2O5. The van der Waals surface area contributed by atoms with Gasteiger partial charge in [-0.05, 0) is 35.6 Å². The van der Waals surface area contributed by atoms with Gasteiger partial charge in [-0.15, -0.1) is 0 Å². The van der Waals surface area contributed by atoms with E-state index in [1.54, 1.807) is 24.3 Å². The highest BCUT2D eigenvalue weighted by atomic mass is 16.5. The van der Waals surface area contributed by atoms with Crippen molar-refractivity contribution in [1.82, 2.24) is 9.88 Å². The Kier molecular flexibility index (Phi) is 6.69. The van der Waals surface area contributed by atoms with Gasteiger partial charge in [-0.1, -0.05) is 62.4 Å². The third-order valence-electron chi connectivity index (χ3n) is 6.22. The summed E-state index contributed by atoms with van der Waals surface area (Å²) in [6.07, 6.45) is 1.02. The van der Waals surface area contributed by atoms with E-state index in [1.807, 2.05) is 50.2 Å². The second kappa shape index (κ2) is 9.70. The van der Waals surface area contributed by atoms with Crippen LogP contribution in [0, 0.1) is 5.41 Å². The van der Waals surface area contributed by atoms with E-state index in [1.165, 1.54) is 17.7 Å². The number of rotatable bonds is 6. The smallest absolute Gasteiger partial charge is 0.328 e. The first-order valence-electron chi connectivity index (χ1n) is 11.5. The number of pyridine rings is 1. The number of amides is 1. The van der Waals surface area contributed by atoms with E-state index in [0.29, 0.717) is 29.8 Å². The summed E-state index contributed by atoms with van der Waals surface area (Å²) >= 11 is 0. The molecule has 0 aliphatic heterocycles. The minimum Gasteiger partial charge on any atom is -0.467 e. The number of hydrogen-bond donors (Lipinski definition) is 1. The summed E-state index contributed by atoms with van der Waals surface area (Å²) < 4.78 is 6.34. The van der Waals surface area contributed by atoms with Crippen molar-refractivity contribution in [2.24, 2.45) is 5.41 Å². The number of para-hydroxylation sites is 1. The summed E-state index contributed by atoms with van der Waals surface area (Å²) in [6, 6.07) is 18.5. The van der Waals surface area contributed by atoms with E-state index in [9.17, 15) is 19.2 Å². The fraction of sp³-hybridized carbons (Fsp3) is 0.286. The van der Waals surface area contributed by atoms with Gasteiger partial charge in [0.1, 0.15) is 11.6 Å². The zero-order chi connectivity index (χ0) is 25.2. The first-order valence-corrected chi connectivity index (χ1v) is 11.5. The summed E-state index contributed by atoms with van der Waals surface area (Å²) in [4.78, 5) is 52.5. The van der Waals surface area contributed by atoms with E-state index in [2.05, 4.69) is 5.32 Å². The number of Topliss-reactive ketones (excluding diaryl/α,β-unsaturated/α-hetero) is 1. The lowest BCUT2D eigenvalue weighted by Gasteiger charge is -2.32. The molecule has 0 bridgehead atoms. The van der Waals surface area contributed by atoms with Crippen LogP contribution in [0.25, 0.3) is 5.69 Å². The molecule has 35 heavy (non-hydrogen) atoms. The Bertz CT molecular complexity index is 1330. The molecular weight excluding hydrogens is 444 g/mol. The number of nitrogens with one attached hydrogen (secondary N) is 1. The number of methoxy groups -OCH3 is 1. The molecule has 7 nitrogen and oxygen atoms in total. The lowest BCUT2D eigenvalue weighted by atomic mass is 9.75. The summed E-state index contributed by atoms with van der Waals surface area (Å²) in [5.41, 5.74) is 1.30. The highest BCUT2D eigenvalue weighted by Crippen LogP contribution is 2.35. The molecule has 0 radical (unpaired) electrons. The number of esters is 1. The molecule has 0 saturated carbocycles. The number of nitrogens with zero attached hydrogens (tertiary/aromatic N) is 1.